The lowest BCUT2D eigenvalue weighted by molar-refractivity contribution is 0.0599. The average Bonchev–Trinajstić information content (AvgIpc) is 3.26. The van der Waals surface area contributed by atoms with Crippen molar-refractivity contribution in [2.45, 2.75) is 42.6 Å². The lowest BCUT2D eigenvalue weighted by atomic mass is 10.1. The van der Waals surface area contributed by atoms with Crippen molar-refractivity contribution in [2.24, 2.45) is 0 Å². The largest absolute Gasteiger partial charge is 0.465 e. The molecule has 0 amide bonds. The van der Waals surface area contributed by atoms with Gasteiger partial charge in [-0.2, -0.15) is 0 Å². The van der Waals surface area contributed by atoms with Crippen molar-refractivity contribution in [2.75, 3.05) is 7.11 Å². The van der Waals surface area contributed by atoms with Gasteiger partial charge in [0.15, 0.2) is 5.16 Å². The first-order chi connectivity index (χ1) is 14.1. The third-order valence-electron chi connectivity index (χ3n) is 5.30. The molecule has 0 bridgehead atoms. The van der Waals surface area contributed by atoms with E-state index in [0.29, 0.717) is 27.4 Å². The standard InChI is InChI=1S/C22H21FN2O3S/c1-28-21(27)18-12-15(23)11-10-14(18)13-29-22-24-19-9-5-4-8-17(19)20(26)25(22)16-6-2-3-7-16/h4-5,8-12,16H,2-3,6-7,13H2,1H3. The number of para-hydroxylation sites is 1. The van der Waals surface area contributed by atoms with E-state index in [9.17, 15) is 14.0 Å². The number of thioether (sulfide) groups is 1. The normalized spacial score (nSPS) is 14.4. The van der Waals surface area contributed by atoms with Gasteiger partial charge in [0, 0.05) is 11.8 Å². The molecule has 29 heavy (non-hydrogen) atoms. The topological polar surface area (TPSA) is 61.2 Å². The van der Waals surface area contributed by atoms with E-state index in [1.807, 2.05) is 18.2 Å². The van der Waals surface area contributed by atoms with Gasteiger partial charge in [-0.15, -0.1) is 0 Å². The van der Waals surface area contributed by atoms with Crippen LogP contribution in [-0.4, -0.2) is 22.6 Å². The van der Waals surface area contributed by atoms with Crippen LogP contribution in [0.4, 0.5) is 4.39 Å². The van der Waals surface area contributed by atoms with E-state index >= 15 is 0 Å². The minimum Gasteiger partial charge on any atom is -0.465 e. The lowest BCUT2D eigenvalue weighted by Crippen LogP contribution is -2.26. The molecule has 2 aromatic carbocycles. The SMILES string of the molecule is COC(=O)c1cc(F)ccc1CSc1nc2ccccc2c(=O)n1C1CCCC1. The molecule has 1 aliphatic rings. The maximum atomic E-state index is 13.6. The molecule has 1 fully saturated rings. The maximum Gasteiger partial charge on any atom is 0.338 e. The number of aromatic nitrogens is 2. The predicted octanol–water partition coefficient (Wildman–Crippen LogP) is 4.73. The molecule has 0 atom stereocenters. The number of fused-ring (bicyclic) bond motifs is 1. The molecule has 7 heteroatoms. The Labute approximate surface area is 171 Å². The number of benzene rings is 2. The molecule has 0 spiro atoms. The van der Waals surface area contributed by atoms with Gasteiger partial charge in [-0.05, 0) is 42.7 Å². The summed E-state index contributed by atoms with van der Waals surface area (Å²) < 4.78 is 20.2. The molecule has 0 N–H and O–H groups in total. The molecule has 4 rings (SSSR count). The number of carbonyl (C=O) groups is 1. The van der Waals surface area contributed by atoms with Gasteiger partial charge in [0.05, 0.1) is 23.6 Å². The quantitative estimate of drug-likeness (QED) is 0.344. The zero-order chi connectivity index (χ0) is 20.4. The van der Waals surface area contributed by atoms with Crippen molar-refractivity contribution in [3.05, 3.63) is 69.8 Å². The average molecular weight is 412 g/mol. The van der Waals surface area contributed by atoms with E-state index < -0.39 is 11.8 Å². The summed E-state index contributed by atoms with van der Waals surface area (Å²) in [7, 11) is 1.27. The molecule has 1 saturated carbocycles. The number of rotatable bonds is 5. The van der Waals surface area contributed by atoms with Crippen LogP contribution in [0.1, 0.15) is 47.6 Å². The van der Waals surface area contributed by atoms with Gasteiger partial charge in [-0.25, -0.2) is 14.2 Å². The van der Waals surface area contributed by atoms with Crippen LogP contribution in [0.2, 0.25) is 0 Å². The zero-order valence-electron chi connectivity index (χ0n) is 16.1. The van der Waals surface area contributed by atoms with E-state index in [-0.39, 0.29) is 17.2 Å². The highest BCUT2D eigenvalue weighted by atomic mass is 32.2. The van der Waals surface area contributed by atoms with Crippen LogP contribution in [0.25, 0.3) is 10.9 Å². The summed E-state index contributed by atoms with van der Waals surface area (Å²) in [4.78, 5) is 30.0. The number of hydrogen-bond donors (Lipinski definition) is 0. The highest BCUT2D eigenvalue weighted by molar-refractivity contribution is 7.98. The van der Waals surface area contributed by atoms with Gasteiger partial charge in [0.2, 0.25) is 0 Å². The van der Waals surface area contributed by atoms with E-state index in [1.165, 1.54) is 31.0 Å². The molecule has 0 saturated heterocycles. The number of esters is 1. The Bertz CT molecular complexity index is 1120. The maximum absolute atomic E-state index is 13.6. The molecule has 0 aliphatic heterocycles. The molecule has 0 radical (unpaired) electrons. The van der Waals surface area contributed by atoms with Crippen molar-refractivity contribution >= 4 is 28.6 Å². The predicted molar refractivity (Wildman–Crippen MR) is 111 cm³/mol. The monoisotopic (exact) mass is 412 g/mol. The Morgan fingerprint density at radius 1 is 1.24 bits per heavy atom. The summed E-state index contributed by atoms with van der Waals surface area (Å²) in [5.41, 5.74) is 1.46. The van der Waals surface area contributed by atoms with E-state index in [2.05, 4.69) is 0 Å². The molecule has 0 unspecified atom stereocenters. The van der Waals surface area contributed by atoms with Gasteiger partial charge in [-0.1, -0.05) is 42.8 Å². The second-order valence-electron chi connectivity index (χ2n) is 7.11. The fraction of sp³-hybridized carbons (Fsp3) is 0.318. The van der Waals surface area contributed by atoms with Crippen molar-refractivity contribution in [1.82, 2.24) is 9.55 Å². The van der Waals surface area contributed by atoms with Gasteiger partial charge in [-0.3, -0.25) is 9.36 Å². The first-order valence-corrected chi connectivity index (χ1v) is 10.6. The molecule has 3 aromatic rings. The highest BCUT2D eigenvalue weighted by Gasteiger charge is 2.23. The Balaban J connectivity index is 1.74. The Morgan fingerprint density at radius 2 is 2.00 bits per heavy atom. The summed E-state index contributed by atoms with van der Waals surface area (Å²) in [5.74, 6) is -0.701. The fourth-order valence-electron chi connectivity index (χ4n) is 3.83. The van der Waals surface area contributed by atoms with E-state index in [0.717, 1.165) is 25.7 Å². The minimum absolute atomic E-state index is 0.0303. The Kier molecular flexibility index (Phi) is 5.67. The first kappa shape index (κ1) is 19.6. The van der Waals surface area contributed by atoms with Crippen LogP contribution in [-0.2, 0) is 10.5 Å². The Hall–Kier alpha value is -2.67. The fourth-order valence-corrected chi connectivity index (χ4v) is 4.90. The highest BCUT2D eigenvalue weighted by Crippen LogP contribution is 2.33. The smallest absolute Gasteiger partial charge is 0.338 e. The molecule has 5 nitrogen and oxygen atoms in total. The van der Waals surface area contributed by atoms with E-state index in [1.54, 1.807) is 16.7 Å². The molecule has 1 heterocycles. The van der Waals surface area contributed by atoms with Crippen LogP contribution in [0.15, 0.2) is 52.4 Å². The first-order valence-electron chi connectivity index (χ1n) is 9.59. The summed E-state index contributed by atoms with van der Waals surface area (Å²) in [5, 5.41) is 1.24. The number of methoxy groups -OCH3 is 1. The number of carbonyl (C=O) groups excluding carboxylic acids is 1. The van der Waals surface area contributed by atoms with Crippen molar-refractivity contribution < 1.29 is 13.9 Å². The Morgan fingerprint density at radius 3 is 2.76 bits per heavy atom. The number of ether oxygens (including phenoxy) is 1. The summed E-state index contributed by atoms with van der Waals surface area (Å²) in [6.07, 6.45) is 4.10. The number of nitrogens with zero attached hydrogens (tertiary/aromatic N) is 2. The molecular formula is C22H21FN2O3S. The third kappa shape index (κ3) is 3.92. The second-order valence-corrected chi connectivity index (χ2v) is 8.05. The molecule has 1 aromatic heterocycles. The van der Waals surface area contributed by atoms with Gasteiger partial charge < -0.3 is 4.74 Å². The molecule has 150 valence electrons. The summed E-state index contributed by atoms with van der Waals surface area (Å²) in [6.45, 7) is 0. The summed E-state index contributed by atoms with van der Waals surface area (Å²) >= 11 is 1.39. The van der Waals surface area contributed by atoms with Gasteiger partial charge in [0.25, 0.3) is 5.56 Å². The van der Waals surface area contributed by atoms with Crippen LogP contribution in [0.3, 0.4) is 0 Å². The summed E-state index contributed by atoms with van der Waals surface area (Å²) in [6, 6.07) is 11.6. The number of halogens is 1. The van der Waals surface area contributed by atoms with Crippen molar-refractivity contribution in [3.63, 3.8) is 0 Å². The van der Waals surface area contributed by atoms with Crippen molar-refractivity contribution in [3.8, 4) is 0 Å². The number of hydrogen-bond acceptors (Lipinski definition) is 5. The van der Waals surface area contributed by atoms with Crippen LogP contribution < -0.4 is 5.56 Å². The van der Waals surface area contributed by atoms with E-state index in [4.69, 9.17) is 9.72 Å². The third-order valence-corrected chi connectivity index (χ3v) is 6.30. The van der Waals surface area contributed by atoms with Gasteiger partial charge >= 0.3 is 5.97 Å². The van der Waals surface area contributed by atoms with Crippen LogP contribution >= 0.6 is 11.8 Å². The van der Waals surface area contributed by atoms with Crippen molar-refractivity contribution in [1.29, 1.82) is 0 Å². The minimum atomic E-state index is -0.584. The lowest BCUT2D eigenvalue weighted by Gasteiger charge is -2.19. The molecular weight excluding hydrogens is 391 g/mol. The molecule has 1 aliphatic carbocycles. The second kappa shape index (κ2) is 8.37. The van der Waals surface area contributed by atoms with Crippen LogP contribution in [0.5, 0.6) is 0 Å². The van der Waals surface area contributed by atoms with Gasteiger partial charge in [0.1, 0.15) is 5.82 Å². The zero-order valence-corrected chi connectivity index (χ0v) is 16.9. The van der Waals surface area contributed by atoms with Crippen LogP contribution in [0, 0.1) is 5.82 Å².